The second kappa shape index (κ2) is 6.13. The van der Waals surface area contributed by atoms with E-state index >= 15 is 0 Å². The second-order valence-corrected chi connectivity index (χ2v) is 7.79. The molecule has 0 bridgehead atoms. The number of nitrogens with zero attached hydrogens (tertiary/aromatic N) is 2. The van der Waals surface area contributed by atoms with Crippen molar-refractivity contribution in [3.05, 3.63) is 40.9 Å². The number of aryl methyl sites for hydroxylation is 1. The lowest BCUT2D eigenvalue weighted by molar-refractivity contribution is 0.464. The molecule has 1 aliphatic carbocycles. The van der Waals surface area contributed by atoms with Gasteiger partial charge in [0.1, 0.15) is 10.7 Å². The molecule has 1 saturated carbocycles. The Morgan fingerprint density at radius 2 is 2.04 bits per heavy atom. The molecule has 8 heteroatoms. The first-order chi connectivity index (χ1) is 10.9. The number of aromatic nitrogens is 2. The van der Waals surface area contributed by atoms with E-state index in [1.54, 1.807) is 17.8 Å². The third-order valence-electron chi connectivity index (χ3n) is 4.03. The fourth-order valence-electron chi connectivity index (χ4n) is 2.85. The summed E-state index contributed by atoms with van der Waals surface area (Å²) in [6.45, 7) is 1.66. The van der Waals surface area contributed by atoms with Gasteiger partial charge < -0.3 is 0 Å². The third kappa shape index (κ3) is 3.35. The summed E-state index contributed by atoms with van der Waals surface area (Å²) in [4.78, 5) is 0.129. The Kier molecular flexibility index (Phi) is 4.33. The third-order valence-corrected chi connectivity index (χ3v) is 5.81. The molecule has 0 atom stereocenters. The van der Waals surface area contributed by atoms with Crippen LogP contribution in [0.1, 0.15) is 37.4 Å². The average Bonchev–Trinajstić information content (AvgIpc) is 3.11. The van der Waals surface area contributed by atoms with Crippen LogP contribution in [0.3, 0.4) is 0 Å². The average molecular weight is 358 g/mol. The van der Waals surface area contributed by atoms with Gasteiger partial charge in [-0.15, -0.1) is 0 Å². The topological polar surface area (TPSA) is 64.0 Å². The molecule has 1 aliphatic rings. The molecule has 1 N–H and O–H groups in total. The van der Waals surface area contributed by atoms with E-state index in [1.165, 1.54) is 12.1 Å². The van der Waals surface area contributed by atoms with Gasteiger partial charge in [-0.2, -0.15) is 5.10 Å². The van der Waals surface area contributed by atoms with Gasteiger partial charge in [0.25, 0.3) is 10.0 Å². The smallest absolute Gasteiger partial charge is 0.265 e. The van der Waals surface area contributed by atoms with Gasteiger partial charge in [-0.1, -0.05) is 24.4 Å². The van der Waals surface area contributed by atoms with Crippen molar-refractivity contribution >= 4 is 27.3 Å². The molecule has 0 saturated heterocycles. The molecule has 124 valence electrons. The molecule has 0 spiro atoms. The molecule has 1 fully saturated rings. The van der Waals surface area contributed by atoms with Crippen molar-refractivity contribution in [1.29, 1.82) is 0 Å². The molecule has 1 aromatic heterocycles. The lowest BCUT2D eigenvalue weighted by atomic mass is 10.3. The number of hydrogen-bond donors (Lipinski definition) is 1. The van der Waals surface area contributed by atoms with Crippen molar-refractivity contribution in [2.45, 2.75) is 43.5 Å². The lowest BCUT2D eigenvalue weighted by Gasteiger charge is -2.09. The lowest BCUT2D eigenvalue weighted by Crippen LogP contribution is -2.13. The summed E-state index contributed by atoms with van der Waals surface area (Å²) in [6, 6.07) is 3.95. The summed E-state index contributed by atoms with van der Waals surface area (Å²) in [7, 11) is -3.80. The maximum Gasteiger partial charge on any atom is 0.265 e. The SMILES string of the molecule is Cc1nn(C2CCCC2)cc1S(=O)(=O)Nc1ccc(F)c(Cl)c1. The van der Waals surface area contributed by atoms with Crippen molar-refractivity contribution < 1.29 is 12.8 Å². The van der Waals surface area contributed by atoms with Gasteiger partial charge in [0.2, 0.25) is 0 Å². The summed E-state index contributed by atoms with van der Waals surface area (Å²) < 4.78 is 42.4. The molecule has 5 nitrogen and oxygen atoms in total. The Morgan fingerprint density at radius 1 is 1.35 bits per heavy atom. The summed E-state index contributed by atoms with van der Waals surface area (Å²) in [5.74, 6) is -0.597. The molecule has 1 aromatic carbocycles. The first kappa shape index (κ1) is 16.3. The van der Waals surface area contributed by atoms with Gasteiger partial charge in [-0.3, -0.25) is 9.40 Å². The van der Waals surface area contributed by atoms with E-state index < -0.39 is 15.8 Å². The molecule has 3 rings (SSSR count). The van der Waals surface area contributed by atoms with Crippen LogP contribution in [-0.4, -0.2) is 18.2 Å². The monoisotopic (exact) mass is 357 g/mol. The van der Waals surface area contributed by atoms with E-state index in [2.05, 4.69) is 9.82 Å². The maximum atomic E-state index is 13.2. The number of rotatable bonds is 4. The van der Waals surface area contributed by atoms with Crippen LogP contribution < -0.4 is 4.72 Å². The van der Waals surface area contributed by atoms with E-state index in [0.29, 0.717) is 5.69 Å². The fraction of sp³-hybridized carbons (Fsp3) is 0.400. The number of nitrogens with one attached hydrogen (secondary N) is 1. The van der Waals surface area contributed by atoms with E-state index in [9.17, 15) is 12.8 Å². The van der Waals surface area contributed by atoms with Crippen LogP contribution in [-0.2, 0) is 10.0 Å². The summed E-state index contributed by atoms with van der Waals surface area (Å²) in [5.41, 5.74) is 0.655. The van der Waals surface area contributed by atoms with E-state index in [1.807, 2.05) is 0 Å². The predicted molar refractivity (Wildman–Crippen MR) is 86.7 cm³/mol. The molecule has 23 heavy (non-hydrogen) atoms. The highest BCUT2D eigenvalue weighted by Gasteiger charge is 2.24. The van der Waals surface area contributed by atoms with Crippen LogP contribution in [0, 0.1) is 12.7 Å². The minimum Gasteiger partial charge on any atom is -0.279 e. The van der Waals surface area contributed by atoms with Crippen molar-refractivity contribution in [2.24, 2.45) is 0 Å². The zero-order chi connectivity index (χ0) is 16.6. The Morgan fingerprint density at radius 3 is 2.70 bits per heavy atom. The van der Waals surface area contributed by atoms with Crippen molar-refractivity contribution in [3.63, 3.8) is 0 Å². The van der Waals surface area contributed by atoms with E-state index in [4.69, 9.17) is 11.6 Å². The molecule has 0 amide bonds. The number of benzene rings is 1. The molecule has 0 unspecified atom stereocenters. The Balaban J connectivity index is 1.88. The molecule has 1 heterocycles. The van der Waals surface area contributed by atoms with Gasteiger partial charge >= 0.3 is 0 Å². The fourth-order valence-corrected chi connectivity index (χ4v) is 4.26. The molecule has 0 radical (unpaired) electrons. The highest BCUT2D eigenvalue weighted by molar-refractivity contribution is 7.92. The highest BCUT2D eigenvalue weighted by Crippen LogP contribution is 2.30. The minimum atomic E-state index is -3.80. The molecular weight excluding hydrogens is 341 g/mol. The van der Waals surface area contributed by atoms with Gasteiger partial charge in [0.05, 0.1) is 22.4 Å². The number of anilines is 1. The molecule has 0 aliphatic heterocycles. The summed E-state index contributed by atoms with van der Waals surface area (Å²) in [6.07, 6.45) is 5.87. The summed E-state index contributed by atoms with van der Waals surface area (Å²) in [5, 5.41) is 4.21. The van der Waals surface area contributed by atoms with Crippen LogP contribution in [0.25, 0.3) is 0 Å². The van der Waals surface area contributed by atoms with Gasteiger partial charge in [0.15, 0.2) is 0 Å². The Hall–Kier alpha value is -1.60. The van der Waals surface area contributed by atoms with E-state index in [-0.39, 0.29) is 21.6 Å². The first-order valence-electron chi connectivity index (χ1n) is 7.40. The normalized spacial score (nSPS) is 16.0. The summed E-state index contributed by atoms with van der Waals surface area (Å²) >= 11 is 5.68. The zero-order valence-corrected chi connectivity index (χ0v) is 14.2. The minimum absolute atomic E-state index is 0.129. The highest BCUT2D eigenvalue weighted by atomic mass is 35.5. The predicted octanol–water partition coefficient (Wildman–Crippen LogP) is 3.90. The number of hydrogen-bond acceptors (Lipinski definition) is 3. The quantitative estimate of drug-likeness (QED) is 0.902. The van der Waals surface area contributed by atoms with Crippen molar-refractivity contribution in [2.75, 3.05) is 4.72 Å². The van der Waals surface area contributed by atoms with Gasteiger partial charge in [-0.05, 0) is 38.0 Å². The van der Waals surface area contributed by atoms with E-state index in [0.717, 1.165) is 31.7 Å². The Labute approximate surface area is 139 Å². The largest absolute Gasteiger partial charge is 0.279 e. The molecular formula is C15H17ClFN3O2S. The number of halogens is 2. The van der Waals surface area contributed by atoms with Crippen molar-refractivity contribution in [3.8, 4) is 0 Å². The van der Waals surface area contributed by atoms with Crippen LogP contribution in [0.4, 0.5) is 10.1 Å². The molecule has 2 aromatic rings. The second-order valence-electron chi connectivity index (χ2n) is 5.73. The van der Waals surface area contributed by atoms with Crippen LogP contribution >= 0.6 is 11.6 Å². The Bertz CT molecular complexity index is 829. The van der Waals surface area contributed by atoms with Crippen LogP contribution in [0.5, 0.6) is 0 Å². The number of sulfonamides is 1. The van der Waals surface area contributed by atoms with Crippen molar-refractivity contribution in [1.82, 2.24) is 9.78 Å². The van der Waals surface area contributed by atoms with Gasteiger partial charge in [0, 0.05) is 6.20 Å². The van der Waals surface area contributed by atoms with Crippen LogP contribution in [0.2, 0.25) is 5.02 Å². The standard InChI is InChI=1S/C15H17ClFN3O2S/c1-10-15(9-20(18-10)12-4-2-3-5-12)23(21,22)19-11-6-7-14(17)13(16)8-11/h6-9,12,19H,2-5H2,1H3. The van der Waals surface area contributed by atoms with Crippen LogP contribution in [0.15, 0.2) is 29.3 Å². The maximum absolute atomic E-state index is 13.2. The van der Waals surface area contributed by atoms with Gasteiger partial charge in [-0.25, -0.2) is 12.8 Å². The zero-order valence-electron chi connectivity index (χ0n) is 12.6. The first-order valence-corrected chi connectivity index (χ1v) is 9.26.